The van der Waals surface area contributed by atoms with Crippen LogP contribution in [0.25, 0.3) is 0 Å². The Hall–Kier alpha value is -1.92. The van der Waals surface area contributed by atoms with E-state index in [1.165, 1.54) is 0 Å². The van der Waals surface area contributed by atoms with Crippen molar-refractivity contribution in [1.29, 1.82) is 0 Å². The minimum atomic E-state index is -0.582. The molecule has 0 spiro atoms. The van der Waals surface area contributed by atoms with Crippen LogP contribution in [0.1, 0.15) is 26.3 Å². The largest absolute Gasteiger partial charge is 0.445 e. The van der Waals surface area contributed by atoms with Crippen LogP contribution in [-0.4, -0.2) is 38.4 Å². The standard InChI is InChI=1S/C10H11NO3.C6H14O2/c12-7-6-11-10(13)14-8-9-4-2-1-3-5-9;1-4-7-6(3)8-5-2/h1-5,7H,6,8H2,(H,11,13);6H,4-5H2,1-3H3. The van der Waals surface area contributed by atoms with Gasteiger partial charge in [0.2, 0.25) is 0 Å². The lowest BCUT2D eigenvalue weighted by Crippen LogP contribution is -2.25. The lowest BCUT2D eigenvalue weighted by Gasteiger charge is -2.09. The van der Waals surface area contributed by atoms with Crippen LogP contribution in [0, 0.1) is 0 Å². The molecule has 0 unspecified atom stereocenters. The number of alkyl carbamates (subject to hydrolysis) is 1. The normalized spacial score (nSPS) is 9.64. The minimum Gasteiger partial charge on any atom is -0.445 e. The zero-order valence-corrected chi connectivity index (χ0v) is 13.4. The fourth-order valence-corrected chi connectivity index (χ4v) is 1.42. The SMILES string of the molecule is CCOC(C)OCC.O=CCNC(=O)OCc1ccccc1. The number of carbonyl (C=O) groups is 2. The Balaban J connectivity index is 0.000000472. The second kappa shape index (κ2) is 14.0. The van der Waals surface area contributed by atoms with Crippen molar-refractivity contribution in [1.82, 2.24) is 5.32 Å². The van der Waals surface area contributed by atoms with Gasteiger partial charge >= 0.3 is 6.09 Å². The van der Waals surface area contributed by atoms with Crippen LogP contribution in [-0.2, 0) is 25.6 Å². The minimum absolute atomic E-state index is 0.0202. The summed E-state index contributed by atoms with van der Waals surface area (Å²) in [5.41, 5.74) is 0.911. The average Bonchev–Trinajstić information content (AvgIpc) is 2.53. The fraction of sp³-hybridized carbons (Fsp3) is 0.500. The van der Waals surface area contributed by atoms with Gasteiger partial charge in [-0.3, -0.25) is 0 Å². The molecule has 0 bridgehead atoms. The van der Waals surface area contributed by atoms with E-state index in [0.717, 1.165) is 18.8 Å². The predicted molar refractivity (Wildman–Crippen MR) is 83.4 cm³/mol. The molecule has 1 aromatic carbocycles. The average molecular weight is 311 g/mol. The summed E-state index contributed by atoms with van der Waals surface area (Å²) in [5.74, 6) is 0. The van der Waals surface area contributed by atoms with Gasteiger partial charge in [0.15, 0.2) is 6.29 Å². The van der Waals surface area contributed by atoms with Gasteiger partial charge in [0.05, 0.1) is 6.54 Å². The van der Waals surface area contributed by atoms with E-state index >= 15 is 0 Å². The van der Waals surface area contributed by atoms with Crippen molar-refractivity contribution >= 4 is 12.4 Å². The van der Waals surface area contributed by atoms with Crippen molar-refractivity contribution in [3.63, 3.8) is 0 Å². The van der Waals surface area contributed by atoms with E-state index in [-0.39, 0.29) is 19.4 Å². The maximum atomic E-state index is 10.9. The highest BCUT2D eigenvalue weighted by Crippen LogP contribution is 2.00. The summed E-state index contributed by atoms with van der Waals surface area (Å²) >= 11 is 0. The number of hydrogen-bond acceptors (Lipinski definition) is 5. The molecule has 0 saturated carbocycles. The van der Waals surface area contributed by atoms with Crippen molar-refractivity contribution in [3.8, 4) is 0 Å². The summed E-state index contributed by atoms with van der Waals surface area (Å²) in [5, 5.41) is 2.27. The number of nitrogens with one attached hydrogen (secondary N) is 1. The fourth-order valence-electron chi connectivity index (χ4n) is 1.42. The highest BCUT2D eigenvalue weighted by Gasteiger charge is 2.00. The summed E-state index contributed by atoms with van der Waals surface area (Å²) in [6.45, 7) is 7.44. The summed E-state index contributed by atoms with van der Waals surface area (Å²) in [6, 6.07) is 9.32. The Morgan fingerprint density at radius 3 is 2.27 bits per heavy atom. The maximum absolute atomic E-state index is 10.9. The summed E-state index contributed by atoms with van der Waals surface area (Å²) in [6.07, 6.45) is -0.0185. The van der Waals surface area contributed by atoms with Gasteiger partial charge in [-0.05, 0) is 26.3 Å². The number of amides is 1. The van der Waals surface area contributed by atoms with E-state index in [4.69, 9.17) is 14.2 Å². The molecule has 6 heteroatoms. The molecule has 0 fully saturated rings. The second-order valence-corrected chi connectivity index (χ2v) is 4.09. The van der Waals surface area contributed by atoms with Gasteiger partial charge in [0.1, 0.15) is 12.9 Å². The van der Waals surface area contributed by atoms with E-state index in [9.17, 15) is 9.59 Å². The second-order valence-electron chi connectivity index (χ2n) is 4.09. The lowest BCUT2D eigenvalue weighted by atomic mass is 10.2. The van der Waals surface area contributed by atoms with Crippen molar-refractivity contribution in [2.75, 3.05) is 19.8 Å². The predicted octanol–water partition coefficient (Wildman–Crippen LogP) is 2.52. The highest BCUT2D eigenvalue weighted by molar-refractivity contribution is 5.70. The third-order valence-corrected chi connectivity index (χ3v) is 2.35. The molecule has 1 N–H and O–H groups in total. The Labute approximate surface area is 131 Å². The number of ether oxygens (including phenoxy) is 3. The van der Waals surface area contributed by atoms with Crippen molar-refractivity contribution in [3.05, 3.63) is 35.9 Å². The Morgan fingerprint density at radius 1 is 1.18 bits per heavy atom. The first-order chi connectivity index (χ1) is 10.6. The van der Waals surface area contributed by atoms with Gasteiger partial charge in [0, 0.05) is 13.2 Å². The molecule has 1 aromatic rings. The van der Waals surface area contributed by atoms with E-state index in [1.54, 1.807) is 0 Å². The van der Waals surface area contributed by atoms with E-state index in [2.05, 4.69) is 5.32 Å². The van der Waals surface area contributed by atoms with Crippen molar-refractivity contribution < 1.29 is 23.8 Å². The quantitative estimate of drug-likeness (QED) is 0.590. The first-order valence-corrected chi connectivity index (χ1v) is 7.25. The van der Waals surface area contributed by atoms with Gasteiger partial charge in [-0.1, -0.05) is 30.3 Å². The molecule has 0 aromatic heterocycles. The smallest absolute Gasteiger partial charge is 0.407 e. The zero-order valence-electron chi connectivity index (χ0n) is 13.4. The van der Waals surface area contributed by atoms with Crippen LogP contribution in [0.2, 0.25) is 0 Å². The molecule has 124 valence electrons. The van der Waals surface area contributed by atoms with Crippen LogP contribution >= 0.6 is 0 Å². The molecule has 1 amide bonds. The Bertz CT molecular complexity index is 391. The summed E-state index contributed by atoms with van der Waals surface area (Å²) in [7, 11) is 0. The molecule has 0 saturated heterocycles. The first-order valence-electron chi connectivity index (χ1n) is 7.25. The number of rotatable bonds is 8. The maximum Gasteiger partial charge on any atom is 0.407 e. The van der Waals surface area contributed by atoms with Gasteiger partial charge in [-0.25, -0.2) is 4.79 Å². The van der Waals surface area contributed by atoms with Crippen molar-refractivity contribution in [2.45, 2.75) is 33.7 Å². The monoisotopic (exact) mass is 311 g/mol. The number of hydrogen-bond donors (Lipinski definition) is 1. The zero-order chi connectivity index (χ0) is 16.6. The van der Waals surface area contributed by atoms with Crippen LogP contribution in [0.15, 0.2) is 30.3 Å². The third-order valence-electron chi connectivity index (χ3n) is 2.35. The topological polar surface area (TPSA) is 73.9 Å². The molecule has 0 aliphatic heterocycles. The lowest BCUT2D eigenvalue weighted by molar-refractivity contribution is -0.123. The summed E-state index contributed by atoms with van der Waals surface area (Å²) < 4.78 is 14.9. The van der Waals surface area contributed by atoms with E-state index in [0.29, 0.717) is 6.29 Å². The molecule has 0 aliphatic carbocycles. The molecule has 0 radical (unpaired) electrons. The van der Waals surface area contributed by atoms with Gasteiger partial charge in [0.25, 0.3) is 0 Å². The number of benzene rings is 1. The molecule has 0 heterocycles. The molecule has 6 nitrogen and oxygen atoms in total. The van der Waals surface area contributed by atoms with E-state index < -0.39 is 6.09 Å². The van der Waals surface area contributed by atoms with Crippen molar-refractivity contribution in [2.24, 2.45) is 0 Å². The Kier molecular flexibility index (Phi) is 12.8. The molecule has 22 heavy (non-hydrogen) atoms. The van der Waals surface area contributed by atoms with Crippen LogP contribution in [0.4, 0.5) is 4.79 Å². The molecular formula is C16H25NO5. The number of aldehydes is 1. The molecule has 0 atom stereocenters. The van der Waals surface area contributed by atoms with Crippen LogP contribution in [0.5, 0.6) is 0 Å². The molecule has 1 rings (SSSR count). The summed E-state index contributed by atoms with van der Waals surface area (Å²) in [4.78, 5) is 20.8. The third kappa shape index (κ3) is 11.9. The first kappa shape index (κ1) is 20.1. The molecule has 0 aliphatic rings. The Morgan fingerprint density at radius 2 is 1.77 bits per heavy atom. The van der Waals surface area contributed by atoms with Gasteiger partial charge < -0.3 is 24.3 Å². The van der Waals surface area contributed by atoms with Gasteiger partial charge in [-0.15, -0.1) is 0 Å². The van der Waals surface area contributed by atoms with E-state index in [1.807, 2.05) is 51.1 Å². The molecular weight excluding hydrogens is 286 g/mol. The van der Waals surface area contributed by atoms with Gasteiger partial charge in [-0.2, -0.15) is 0 Å². The number of carbonyl (C=O) groups excluding carboxylic acids is 2. The highest BCUT2D eigenvalue weighted by atomic mass is 16.7. The van der Waals surface area contributed by atoms with Crippen LogP contribution in [0.3, 0.4) is 0 Å². The van der Waals surface area contributed by atoms with Crippen LogP contribution < -0.4 is 5.32 Å².